The van der Waals surface area contributed by atoms with Gasteiger partial charge in [-0.3, -0.25) is 4.99 Å². The molecule has 1 aromatic carbocycles. The lowest BCUT2D eigenvalue weighted by Crippen LogP contribution is -2.05. The zero-order valence-corrected chi connectivity index (χ0v) is 12.9. The van der Waals surface area contributed by atoms with Crippen molar-refractivity contribution in [3.63, 3.8) is 0 Å². The quantitative estimate of drug-likeness (QED) is 0.874. The van der Waals surface area contributed by atoms with Crippen LogP contribution in [0.4, 0.5) is 0 Å². The summed E-state index contributed by atoms with van der Waals surface area (Å²) >= 11 is 0. The molecule has 110 valence electrons. The number of nitrogens with zero attached hydrogens (tertiary/aromatic N) is 3. The zero-order valence-electron chi connectivity index (χ0n) is 12.1. The predicted octanol–water partition coefficient (Wildman–Crippen LogP) is 2.32. The van der Waals surface area contributed by atoms with Crippen LogP contribution in [0.25, 0.3) is 16.6 Å². The van der Waals surface area contributed by atoms with Gasteiger partial charge in [0.05, 0.1) is 22.5 Å². The van der Waals surface area contributed by atoms with Crippen LogP contribution in [-0.4, -0.2) is 37.0 Å². The van der Waals surface area contributed by atoms with Crippen molar-refractivity contribution in [1.82, 2.24) is 9.55 Å². The van der Waals surface area contributed by atoms with E-state index in [1.807, 2.05) is 12.3 Å². The Labute approximate surface area is 123 Å². The number of dihydropyridines is 1. The number of fused-ring (bicyclic) bond motifs is 1. The second kappa shape index (κ2) is 5.11. The molecule has 0 amide bonds. The number of hydrogen-bond acceptors (Lipinski definition) is 4. The SMILES string of the molecule is CCn1c(C2=CCC=NC2)nc2cc(S(C)(=O)=O)ccc21. The van der Waals surface area contributed by atoms with Gasteiger partial charge in [-0.1, -0.05) is 6.08 Å². The minimum atomic E-state index is -3.22. The van der Waals surface area contributed by atoms with E-state index in [0.29, 0.717) is 17.0 Å². The smallest absolute Gasteiger partial charge is 0.175 e. The third kappa shape index (κ3) is 2.51. The van der Waals surface area contributed by atoms with Gasteiger partial charge in [0, 0.05) is 31.0 Å². The number of imidazole rings is 1. The van der Waals surface area contributed by atoms with Crippen molar-refractivity contribution in [3.05, 3.63) is 30.1 Å². The first-order valence-corrected chi connectivity index (χ1v) is 8.78. The summed E-state index contributed by atoms with van der Waals surface area (Å²) in [6.07, 6.45) is 6.04. The molecule has 0 aliphatic carbocycles. The van der Waals surface area contributed by atoms with E-state index in [4.69, 9.17) is 0 Å². The second-order valence-electron chi connectivity index (χ2n) is 5.09. The Morgan fingerprint density at radius 1 is 1.33 bits per heavy atom. The van der Waals surface area contributed by atoms with Gasteiger partial charge in [0.25, 0.3) is 0 Å². The number of sulfone groups is 1. The van der Waals surface area contributed by atoms with Crippen LogP contribution in [-0.2, 0) is 16.4 Å². The monoisotopic (exact) mass is 303 g/mol. The minimum Gasteiger partial charge on any atom is -0.324 e. The van der Waals surface area contributed by atoms with Gasteiger partial charge in [-0.2, -0.15) is 0 Å². The van der Waals surface area contributed by atoms with Crippen LogP contribution in [0.3, 0.4) is 0 Å². The Morgan fingerprint density at radius 2 is 2.14 bits per heavy atom. The number of rotatable bonds is 3. The summed E-state index contributed by atoms with van der Waals surface area (Å²) in [6, 6.07) is 5.12. The molecule has 2 aromatic rings. The van der Waals surface area contributed by atoms with E-state index in [0.717, 1.165) is 29.9 Å². The molecule has 0 radical (unpaired) electrons. The lowest BCUT2D eigenvalue weighted by Gasteiger charge is -2.10. The molecule has 0 atom stereocenters. The summed E-state index contributed by atoms with van der Waals surface area (Å²) in [5, 5.41) is 0. The summed E-state index contributed by atoms with van der Waals surface area (Å²) in [5.41, 5.74) is 2.76. The molecule has 1 aromatic heterocycles. The van der Waals surface area contributed by atoms with Gasteiger partial charge >= 0.3 is 0 Å². The molecule has 21 heavy (non-hydrogen) atoms. The summed E-state index contributed by atoms with van der Waals surface area (Å²) in [7, 11) is -3.22. The second-order valence-corrected chi connectivity index (χ2v) is 7.11. The number of benzene rings is 1. The molecular weight excluding hydrogens is 286 g/mol. The maximum absolute atomic E-state index is 11.7. The predicted molar refractivity (Wildman–Crippen MR) is 84.5 cm³/mol. The molecule has 6 heteroatoms. The number of allylic oxidation sites excluding steroid dienone is 1. The molecule has 0 spiro atoms. The van der Waals surface area contributed by atoms with Crippen molar-refractivity contribution < 1.29 is 8.42 Å². The van der Waals surface area contributed by atoms with E-state index in [-0.39, 0.29) is 0 Å². The summed E-state index contributed by atoms with van der Waals surface area (Å²) < 4.78 is 25.5. The van der Waals surface area contributed by atoms with E-state index in [9.17, 15) is 8.42 Å². The minimum absolute atomic E-state index is 0.304. The van der Waals surface area contributed by atoms with Gasteiger partial charge in [0.15, 0.2) is 9.84 Å². The highest BCUT2D eigenvalue weighted by atomic mass is 32.2. The van der Waals surface area contributed by atoms with Crippen molar-refractivity contribution in [2.45, 2.75) is 24.8 Å². The first-order valence-electron chi connectivity index (χ1n) is 6.88. The molecule has 0 fully saturated rings. The third-order valence-corrected chi connectivity index (χ3v) is 4.72. The number of aliphatic imine (C=N–C) groups is 1. The average Bonchev–Trinajstić information content (AvgIpc) is 2.84. The van der Waals surface area contributed by atoms with Crippen molar-refractivity contribution in [2.24, 2.45) is 4.99 Å². The standard InChI is InChI=1S/C15H17N3O2S/c1-3-18-14-7-6-12(21(2,19)20)9-13(14)17-15(18)11-5-4-8-16-10-11/h5-9H,3-4,10H2,1-2H3. The number of hydrogen-bond donors (Lipinski definition) is 0. The molecule has 3 rings (SSSR count). The molecule has 0 N–H and O–H groups in total. The van der Waals surface area contributed by atoms with E-state index >= 15 is 0 Å². The number of aromatic nitrogens is 2. The maximum Gasteiger partial charge on any atom is 0.175 e. The highest BCUT2D eigenvalue weighted by Crippen LogP contribution is 2.25. The molecule has 2 heterocycles. The molecule has 1 aliphatic rings. The summed E-state index contributed by atoms with van der Waals surface area (Å²) in [6.45, 7) is 3.47. The fraction of sp³-hybridized carbons (Fsp3) is 0.333. The molecule has 0 saturated carbocycles. The fourth-order valence-electron chi connectivity index (χ4n) is 2.56. The Morgan fingerprint density at radius 3 is 2.76 bits per heavy atom. The van der Waals surface area contributed by atoms with Crippen LogP contribution in [0.5, 0.6) is 0 Å². The lowest BCUT2D eigenvalue weighted by molar-refractivity contribution is 0.602. The van der Waals surface area contributed by atoms with Gasteiger partial charge in [0.2, 0.25) is 0 Å². The van der Waals surface area contributed by atoms with Crippen LogP contribution in [0.2, 0.25) is 0 Å². The summed E-state index contributed by atoms with van der Waals surface area (Å²) in [5.74, 6) is 0.884. The largest absolute Gasteiger partial charge is 0.324 e. The fourth-order valence-corrected chi connectivity index (χ4v) is 3.21. The van der Waals surface area contributed by atoms with Gasteiger partial charge in [-0.05, 0) is 25.1 Å². The van der Waals surface area contributed by atoms with E-state index in [2.05, 4.69) is 27.5 Å². The molecule has 0 bridgehead atoms. The van der Waals surface area contributed by atoms with E-state index in [1.165, 1.54) is 6.26 Å². The highest BCUT2D eigenvalue weighted by Gasteiger charge is 2.16. The molecule has 0 saturated heterocycles. The lowest BCUT2D eigenvalue weighted by atomic mass is 10.1. The Kier molecular flexibility index (Phi) is 3.41. The molecule has 5 nitrogen and oxygen atoms in total. The van der Waals surface area contributed by atoms with E-state index < -0.39 is 9.84 Å². The first-order chi connectivity index (χ1) is 10.0. The molecule has 1 aliphatic heterocycles. The average molecular weight is 303 g/mol. The first kappa shape index (κ1) is 14.0. The normalized spacial score (nSPS) is 15.4. The Hall–Kier alpha value is -1.95. The Bertz CT molecular complexity index is 860. The van der Waals surface area contributed by atoms with Crippen molar-refractivity contribution >= 4 is 32.7 Å². The Balaban J connectivity index is 2.20. The van der Waals surface area contributed by atoms with Crippen molar-refractivity contribution in [3.8, 4) is 0 Å². The third-order valence-electron chi connectivity index (χ3n) is 3.61. The zero-order chi connectivity index (χ0) is 15.0. The molecular formula is C15H17N3O2S. The van der Waals surface area contributed by atoms with Gasteiger partial charge in [-0.15, -0.1) is 0 Å². The van der Waals surface area contributed by atoms with Gasteiger partial charge in [0.1, 0.15) is 5.82 Å². The van der Waals surface area contributed by atoms with Crippen LogP contribution in [0.15, 0.2) is 34.2 Å². The van der Waals surface area contributed by atoms with E-state index in [1.54, 1.807) is 12.1 Å². The van der Waals surface area contributed by atoms with Crippen molar-refractivity contribution in [1.29, 1.82) is 0 Å². The maximum atomic E-state index is 11.7. The van der Waals surface area contributed by atoms with Crippen LogP contribution in [0, 0.1) is 0 Å². The number of aryl methyl sites for hydroxylation is 1. The van der Waals surface area contributed by atoms with Crippen LogP contribution < -0.4 is 0 Å². The summed E-state index contributed by atoms with van der Waals surface area (Å²) in [4.78, 5) is 9.24. The van der Waals surface area contributed by atoms with Crippen LogP contribution in [0.1, 0.15) is 19.2 Å². The van der Waals surface area contributed by atoms with Gasteiger partial charge in [-0.25, -0.2) is 13.4 Å². The van der Waals surface area contributed by atoms with Crippen molar-refractivity contribution in [2.75, 3.05) is 12.8 Å². The van der Waals surface area contributed by atoms with Gasteiger partial charge < -0.3 is 4.57 Å². The van der Waals surface area contributed by atoms with Crippen LogP contribution >= 0.6 is 0 Å². The highest BCUT2D eigenvalue weighted by molar-refractivity contribution is 7.90. The molecule has 0 unspecified atom stereocenters. The topological polar surface area (TPSA) is 64.3 Å².